The average Bonchev–Trinajstić information content (AvgIpc) is 3.07. The number of hydrogen-bond donors (Lipinski definition) is 4. The smallest absolute Gasteiger partial charge is 0.475 e. The molecule has 2 amide bonds. The van der Waals surface area contributed by atoms with Gasteiger partial charge in [-0.3, -0.25) is 9.59 Å². The van der Waals surface area contributed by atoms with Gasteiger partial charge >= 0.3 is 12.1 Å². The number of carboxylic acid groups (broad SMARTS) is 1. The van der Waals surface area contributed by atoms with Crippen molar-refractivity contribution in [2.24, 2.45) is 5.73 Å². The fourth-order valence-electron chi connectivity index (χ4n) is 3.41. The van der Waals surface area contributed by atoms with E-state index in [1.54, 1.807) is 18.2 Å². The minimum absolute atomic E-state index is 0.169. The van der Waals surface area contributed by atoms with Crippen LogP contribution in [0.2, 0.25) is 0 Å². The fraction of sp³-hybridized carbons (Fsp3) is 0.292. The van der Waals surface area contributed by atoms with Crippen LogP contribution >= 0.6 is 0 Å². The summed E-state index contributed by atoms with van der Waals surface area (Å²) in [5, 5.41) is 13.4. The zero-order valence-electron chi connectivity index (χ0n) is 19.5. The molecule has 2 aromatic rings. The molecule has 3 rings (SSSR count). The van der Waals surface area contributed by atoms with Gasteiger partial charge in [0.2, 0.25) is 5.91 Å². The van der Waals surface area contributed by atoms with E-state index in [0.717, 1.165) is 36.3 Å². The van der Waals surface area contributed by atoms with Crippen LogP contribution in [0.1, 0.15) is 41.3 Å². The minimum atomic E-state index is -5.08. The third-order valence-electron chi connectivity index (χ3n) is 4.81. The van der Waals surface area contributed by atoms with Crippen LogP contribution in [0.3, 0.4) is 0 Å². The number of fused-ring (bicyclic) bond motifs is 1. The predicted octanol–water partition coefficient (Wildman–Crippen LogP) is 4.06. The van der Waals surface area contributed by atoms with Crippen LogP contribution in [0.25, 0.3) is 5.57 Å². The molecule has 0 unspecified atom stereocenters. The number of carbonyl (C=O) groups is 3. The number of anilines is 2. The summed E-state index contributed by atoms with van der Waals surface area (Å²) in [7, 11) is 4.06. The third-order valence-corrected chi connectivity index (χ3v) is 4.81. The molecule has 1 heterocycles. The predicted molar refractivity (Wildman–Crippen MR) is 127 cm³/mol. The lowest BCUT2D eigenvalue weighted by Gasteiger charge is -2.15. The molecule has 35 heavy (non-hydrogen) atoms. The van der Waals surface area contributed by atoms with Crippen molar-refractivity contribution in [3.63, 3.8) is 0 Å². The summed E-state index contributed by atoms with van der Waals surface area (Å²) < 4.78 is 31.7. The number of hydrogen-bond acceptors (Lipinski definition) is 5. The number of nitrogens with two attached hydrogens (primary N) is 1. The Morgan fingerprint density at radius 1 is 1.14 bits per heavy atom. The Morgan fingerprint density at radius 3 is 2.34 bits per heavy atom. The topological polar surface area (TPSA) is 125 Å². The Labute approximate surface area is 200 Å². The van der Waals surface area contributed by atoms with Crippen LogP contribution in [-0.4, -0.2) is 48.1 Å². The van der Waals surface area contributed by atoms with Gasteiger partial charge in [0, 0.05) is 34.7 Å². The highest BCUT2D eigenvalue weighted by Crippen LogP contribution is 2.36. The number of carbonyl (C=O) groups excluding carboxylic acids is 2. The van der Waals surface area contributed by atoms with Crippen molar-refractivity contribution in [1.29, 1.82) is 0 Å². The molecule has 0 aromatic heterocycles. The Kier molecular flexibility index (Phi) is 9.01. The summed E-state index contributed by atoms with van der Waals surface area (Å²) in [4.78, 5) is 35.1. The van der Waals surface area contributed by atoms with Crippen LogP contribution in [0.5, 0.6) is 0 Å². The number of aliphatic carboxylic acids is 1. The monoisotopic (exact) mass is 492 g/mol. The summed E-state index contributed by atoms with van der Waals surface area (Å²) in [6, 6.07) is 13.3. The Bertz CT molecular complexity index is 1140. The van der Waals surface area contributed by atoms with E-state index in [1.165, 1.54) is 5.56 Å². The first-order chi connectivity index (χ1) is 16.3. The normalized spacial score (nSPS) is 14.0. The first kappa shape index (κ1) is 27.4. The van der Waals surface area contributed by atoms with Gasteiger partial charge in [-0.2, -0.15) is 13.2 Å². The van der Waals surface area contributed by atoms with Gasteiger partial charge in [0.1, 0.15) is 0 Å². The lowest BCUT2D eigenvalue weighted by atomic mass is 10.0. The molecule has 0 fully saturated rings. The average molecular weight is 492 g/mol. The molecule has 1 aliphatic rings. The SMILES string of the molecule is CCC/C(Nc1cccc(CN(C)C)c1)=C1/C(=O)Nc2cc(C(N)=O)ccc21.O=C(O)C(F)(F)F. The number of halogens is 3. The lowest BCUT2D eigenvalue weighted by molar-refractivity contribution is -0.192. The highest BCUT2D eigenvalue weighted by molar-refractivity contribution is 6.32. The molecular weight excluding hydrogens is 465 g/mol. The molecule has 0 radical (unpaired) electrons. The Morgan fingerprint density at radius 2 is 1.80 bits per heavy atom. The number of primary amides is 1. The van der Waals surface area contributed by atoms with E-state index < -0.39 is 18.1 Å². The summed E-state index contributed by atoms with van der Waals surface area (Å²) in [5.41, 5.74) is 10.8. The zero-order valence-corrected chi connectivity index (χ0v) is 19.5. The number of allylic oxidation sites excluding steroid dienone is 1. The number of amides is 2. The van der Waals surface area contributed by atoms with E-state index in [-0.39, 0.29) is 5.91 Å². The fourth-order valence-corrected chi connectivity index (χ4v) is 3.41. The summed E-state index contributed by atoms with van der Waals surface area (Å²) in [6.07, 6.45) is -3.46. The van der Waals surface area contributed by atoms with E-state index in [9.17, 15) is 22.8 Å². The molecule has 188 valence electrons. The van der Waals surface area contributed by atoms with Gasteiger partial charge in [-0.1, -0.05) is 31.5 Å². The first-order valence-corrected chi connectivity index (χ1v) is 10.6. The molecule has 0 spiro atoms. The number of benzene rings is 2. The molecule has 0 aliphatic carbocycles. The zero-order chi connectivity index (χ0) is 26.3. The highest BCUT2D eigenvalue weighted by Gasteiger charge is 2.38. The number of alkyl halides is 3. The van der Waals surface area contributed by atoms with E-state index in [2.05, 4.69) is 34.6 Å². The van der Waals surface area contributed by atoms with E-state index >= 15 is 0 Å². The molecule has 0 bridgehead atoms. The van der Waals surface area contributed by atoms with Crippen LogP contribution in [0.15, 0.2) is 48.2 Å². The summed E-state index contributed by atoms with van der Waals surface area (Å²) >= 11 is 0. The van der Waals surface area contributed by atoms with Crippen LogP contribution in [0.4, 0.5) is 24.5 Å². The third kappa shape index (κ3) is 7.57. The maximum Gasteiger partial charge on any atom is 0.490 e. The Hall–Kier alpha value is -3.86. The van der Waals surface area contributed by atoms with E-state index in [4.69, 9.17) is 15.6 Å². The van der Waals surface area contributed by atoms with Gasteiger partial charge in [-0.15, -0.1) is 0 Å². The molecule has 8 nitrogen and oxygen atoms in total. The van der Waals surface area contributed by atoms with E-state index in [0.29, 0.717) is 16.8 Å². The second-order valence-electron chi connectivity index (χ2n) is 8.05. The minimum Gasteiger partial charge on any atom is -0.475 e. The van der Waals surface area contributed by atoms with Gasteiger partial charge in [-0.05, 0) is 50.3 Å². The number of carboxylic acids is 1. The van der Waals surface area contributed by atoms with Crippen LogP contribution < -0.4 is 16.4 Å². The Balaban J connectivity index is 0.000000540. The van der Waals surface area contributed by atoms with Crippen LogP contribution in [-0.2, 0) is 16.1 Å². The van der Waals surface area contributed by atoms with Crippen molar-refractivity contribution < 1.29 is 32.7 Å². The standard InChI is InChI=1S/C22H26N4O2.C2HF3O2/c1-4-6-18(24-16-8-5-7-14(11-16)13-26(2)3)20-17-10-9-15(21(23)27)12-19(17)25-22(20)28;3-2(4,5)1(6)7/h5,7-12,24H,4,6,13H2,1-3H3,(H2,23,27)(H,25,28);(H,6,7)/b20-18-;. The lowest BCUT2D eigenvalue weighted by Crippen LogP contribution is -2.21. The van der Waals surface area contributed by atoms with Crippen molar-refractivity contribution in [3.05, 3.63) is 64.9 Å². The molecule has 0 atom stereocenters. The molecule has 1 aliphatic heterocycles. The molecule has 0 saturated heterocycles. The maximum absolute atomic E-state index is 12.7. The molecule has 5 N–H and O–H groups in total. The number of rotatable bonds is 7. The maximum atomic E-state index is 12.7. The molecular formula is C24H27F3N4O4. The highest BCUT2D eigenvalue weighted by atomic mass is 19.4. The van der Waals surface area contributed by atoms with Crippen LogP contribution in [0, 0.1) is 0 Å². The quantitative estimate of drug-likeness (QED) is 0.432. The van der Waals surface area contributed by atoms with Crippen molar-refractivity contribution in [3.8, 4) is 0 Å². The van der Waals surface area contributed by atoms with Gasteiger partial charge in [-0.25, -0.2) is 4.79 Å². The molecule has 11 heteroatoms. The second kappa shape index (κ2) is 11.5. The van der Waals surface area contributed by atoms with Crippen molar-refractivity contribution in [2.45, 2.75) is 32.5 Å². The molecule has 0 saturated carbocycles. The van der Waals surface area contributed by atoms with E-state index in [1.807, 2.05) is 26.2 Å². The van der Waals surface area contributed by atoms with Crippen molar-refractivity contribution in [1.82, 2.24) is 4.90 Å². The summed E-state index contributed by atoms with van der Waals surface area (Å²) in [5.74, 6) is -3.44. The summed E-state index contributed by atoms with van der Waals surface area (Å²) in [6.45, 7) is 2.92. The largest absolute Gasteiger partial charge is 0.490 e. The number of nitrogens with zero attached hydrogens (tertiary/aromatic N) is 1. The van der Waals surface area contributed by atoms with Gasteiger partial charge in [0.15, 0.2) is 0 Å². The van der Waals surface area contributed by atoms with Gasteiger partial charge in [0.05, 0.1) is 5.57 Å². The van der Waals surface area contributed by atoms with Gasteiger partial charge < -0.3 is 26.4 Å². The van der Waals surface area contributed by atoms with Gasteiger partial charge in [0.25, 0.3) is 5.91 Å². The van der Waals surface area contributed by atoms with Crippen molar-refractivity contribution >= 4 is 34.7 Å². The molecule has 2 aromatic carbocycles. The van der Waals surface area contributed by atoms with Crippen molar-refractivity contribution in [2.75, 3.05) is 24.7 Å². The second-order valence-corrected chi connectivity index (χ2v) is 8.05. The first-order valence-electron chi connectivity index (χ1n) is 10.6. The number of nitrogens with one attached hydrogen (secondary N) is 2.